The summed E-state index contributed by atoms with van der Waals surface area (Å²) in [4.78, 5) is 28.4. The first-order chi connectivity index (χ1) is 14.0. The quantitative estimate of drug-likeness (QED) is 0.643. The van der Waals surface area contributed by atoms with E-state index < -0.39 is 5.91 Å². The number of carbonyl (C=O) groups excluding carboxylic acids is 2. The predicted molar refractivity (Wildman–Crippen MR) is 108 cm³/mol. The fraction of sp³-hybridized carbons (Fsp3) is 0.158. The average Bonchev–Trinajstić information content (AvgIpc) is 3.18. The Hall–Kier alpha value is -3.10. The molecule has 1 aromatic heterocycles. The number of amides is 2. The lowest BCUT2D eigenvalue weighted by Gasteiger charge is -2.25. The molecule has 1 aliphatic rings. The number of hydrogen-bond acceptors (Lipinski definition) is 5. The maximum Gasteiger partial charge on any atom is 0.262 e. The van der Waals surface area contributed by atoms with E-state index in [1.165, 1.54) is 6.33 Å². The van der Waals surface area contributed by atoms with Gasteiger partial charge in [0, 0.05) is 5.56 Å². The maximum absolute atomic E-state index is 12.3. The molecular weight excluding hydrogens is 417 g/mol. The van der Waals surface area contributed by atoms with Crippen molar-refractivity contribution < 1.29 is 14.3 Å². The van der Waals surface area contributed by atoms with Crippen LogP contribution in [0.3, 0.4) is 0 Å². The molecule has 2 heterocycles. The van der Waals surface area contributed by atoms with Gasteiger partial charge < -0.3 is 10.1 Å². The fourth-order valence-corrected chi connectivity index (χ4v) is 3.41. The van der Waals surface area contributed by atoms with Crippen molar-refractivity contribution in [3.63, 3.8) is 0 Å². The molecule has 4 rings (SSSR count). The van der Waals surface area contributed by atoms with Crippen molar-refractivity contribution in [2.24, 2.45) is 0 Å². The number of halogens is 2. The van der Waals surface area contributed by atoms with Gasteiger partial charge in [-0.1, -0.05) is 47.5 Å². The first-order valence-electron chi connectivity index (χ1n) is 8.68. The van der Waals surface area contributed by atoms with Crippen LogP contribution in [0.15, 0.2) is 48.8 Å². The van der Waals surface area contributed by atoms with Gasteiger partial charge in [0.05, 0.1) is 28.2 Å². The van der Waals surface area contributed by atoms with Crippen molar-refractivity contribution >= 4 is 46.7 Å². The van der Waals surface area contributed by atoms with Crippen LogP contribution in [-0.4, -0.2) is 33.2 Å². The largest absolute Gasteiger partial charge is 0.483 e. The second kappa shape index (κ2) is 8.10. The summed E-state index contributed by atoms with van der Waals surface area (Å²) >= 11 is 12.1. The standard InChI is InChI=1S/C19H15Cl2N5O3/c20-12-5-3-6-13(18(12)21)24-17(28)9-29-15-7-2-1-4-11(15)14-8-16(27)25-19-22-10-23-26(14)19/h1-7,10,14H,8-9H2,(H,24,28)(H,22,23,25,27)/t14-/m0/s1. The zero-order valence-corrected chi connectivity index (χ0v) is 16.4. The van der Waals surface area contributed by atoms with E-state index in [-0.39, 0.29) is 30.0 Å². The summed E-state index contributed by atoms with van der Waals surface area (Å²) < 4.78 is 7.36. The number of para-hydroxylation sites is 1. The summed E-state index contributed by atoms with van der Waals surface area (Å²) in [7, 11) is 0. The number of fused-ring (bicyclic) bond motifs is 1. The van der Waals surface area contributed by atoms with Crippen LogP contribution in [0.2, 0.25) is 10.0 Å². The number of anilines is 2. The fourth-order valence-electron chi connectivity index (χ4n) is 3.06. The highest BCUT2D eigenvalue weighted by atomic mass is 35.5. The lowest BCUT2D eigenvalue weighted by Crippen LogP contribution is -2.29. The molecule has 1 atom stereocenters. The highest BCUT2D eigenvalue weighted by molar-refractivity contribution is 6.44. The normalized spacial score (nSPS) is 15.4. The van der Waals surface area contributed by atoms with Gasteiger partial charge >= 0.3 is 0 Å². The summed E-state index contributed by atoms with van der Waals surface area (Å²) in [5, 5.41) is 10.1. The number of hydrogen-bond donors (Lipinski definition) is 2. The summed E-state index contributed by atoms with van der Waals surface area (Å²) in [5.74, 6) is 0.279. The monoisotopic (exact) mass is 431 g/mol. The smallest absolute Gasteiger partial charge is 0.262 e. The second-order valence-electron chi connectivity index (χ2n) is 6.27. The molecule has 0 fully saturated rings. The number of nitrogens with one attached hydrogen (secondary N) is 2. The van der Waals surface area contributed by atoms with Crippen LogP contribution in [0.1, 0.15) is 18.0 Å². The molecule has 3 aromatic rings. The van der Waals surface area contributed by atoms with Crippen LogP contribution < -0.4 is 15.4 Å². The van der Waals surface area contributed by atoms with E-state index in [0.717, 1.165) is 5.56 Å². The molecule has 0 saturated carbocycles. The average molecular weight is 432 g/mol. The Labute approximate surface area is 175 Å². The minimum Gasteiger partial charge on any atom is -0.483 e. The van der Waals surface area contributed by atoms with Crippen molar-refractivity contribution in [3.05, 3.63) is 64.4 Å². The third-order valence-electron chi connectivity index (χ3n) is 4.36. The zero-order chi connectivity index (χ0) is 20.4. The van der Waals surface area contributed by atoms with E-state index >= 15 is 0 Å². The Kier molecular flexibility index (Phi) is 5.37. The van der Waals surface area contributed by atoms with Gasteiger partial charge in [-0.2, -0.15) is 10.1 Å². The lowest BCUT2D eigenvalue weighted by molar-refractivity contribution is -0.118. The van der Waals surface area contributed by atoms with Crippen molar-refractivity contribution in [3.8, 4) is 5.75 Å². The van der Waals surface area contributed by atoms with Crippen LogP contribution >= 0.6 is 23.2 Å². The zero-order valence-electron chi connectivity index (χ0n) is 14.9. The van der Waals surface area contributed by atoms with Crippen LogP contribution in [-0.2, 0) is 9.59 Å². The summed E-state index contributed by atoms with van der Waals surface area (Å²) in [5.41, 5.74) is 1.12. The molecule has 2 N–H and O–H groups in total. The molecule has 0 radical (unpaired) electrons. The molecule has 8 nitrogen and oxygen atoms in total. The third-order valence-corrected chi connectivity index (χ3v) is 5.18. The second-order valence-corrected chi connectivity index (χ2v) is 7.06. The molecule has 0 bridgehead atoms. The van der Waals surface area contributed by atoms with Crippen LogP contribution in [0.4, 0.5) is 11.6 Å². The van der Waals surface area contributed by atoms with E-state index in [1.807, 2.05) is 12.1 Å². The number of aromatic nitrogens is 3. The van der Waals surface area contributed by atoms with Crippen molar-refractivity contribution in [2.45, 2.75) is 12.5 Å². The number of benzene rings is 2. The van der Waals surface area contributed by atoms with Crippen molar-refractivity contribution in [2.75, 3.05) is 17.2 Å². The van der Waals surface area contributed by atoms with E-state index in [9.17, 15) is 9.59 Å². The van der Waals surface area contributed by atoms with E-state index in [0.29, 0.717) is 22.4 Å². The first kappa shape index (κ1) is 19.2. The Morgan fingerprint density at radius 3 is 2.93 bits per heavy atom. The molecular formula is C19H15Cl2N5O3. The molecule has 2 amide bonds. The van der Waals surface area contributed by atoms with Gasteiger partial charge in [-0.05, 0) is 18.2 Å². The minimum atomic E-state index is -0.396. The number of ether oxygens (including phenoxy) is 1. The number of nitrogens with zero attached hydrogens (tertiary/aromatic N) is 3. The van der Waals surface area contributed by atoms with Gasteiger partial charge in [0.2, 0.25) is 11.9 Å². The Bertz CT molecular complexity index is 1090. The van der Waals surface area contributed by atoms with Gasteiger partial charge in [-0.3, -0.25) is 14.9 Å². The molecule has 0 spiro atoms. The minimum absolute atomic E-state index is 0.168. The Balaban J connectivity index is 1.51. The molecule has 148 valence electrons. The molecule has 0 aliphatic carbocycles. The first-order valence-corrected chi connectivity index (χ1v) is 9.43. The number of carbonyl (C=O) groups is 2. The van der Waals surface area contributed by atoms with Crippen LogP contribution in [0.5, 0.6) is 5.75 Å². The summed E-state index contributed by atoms with van der Waals surface area (Å²) in [6, 6.07) is 11.8. The molecule has 0 unspecified atom stereocenters. The third kappa shape index (κ3) is 4.03. The topological polar surface area (TPSA) is 98.1 Å². The van der Waals surface area contributed by atoms with Crippen molar-refractivity contribution in [1.82, 2.24) is 14.8 Å². The Morgan fingerprint density at radius 1 is 1.24 bits per heavy atom. The maximum atomic E-state index is 12.3. The summed E-state index contributed by atoms with van der Waals surface area (Å²) in [6.07, 6.45) is 1.56. The van der Waals surface area contributed by atoms with Crippen molar-refractivity contribution in [1.29, 1.82) is 0 Å². The molecule has 1 aliphatic heterocycles. The lowest BCUT2D eigenvalue weighted by atomic mass is 10.0. The van der Waals surface area contributed by atoms with Crippen LogP contribution in [0, 0.1) is 0 Å². The van der Waals surface area contributed by atoms with Crippen LogP contribution in [0.25, 0.3) is 0 Å². The molecule has 2 aromatic carbocycles. The van der Waals surface area contributed by atoms with Gasteiger partial charge in [0.15, 0.2) is 6.61 Å². The predicted octanol–water partition coefficient (Wildman–Crippen LogP) is 3.53. The molecule has 29 heavy (non-hydrogen) atoms. The SMILES string of the molecule is O=C(COc1ccccc1[C@@H]1CC(=O)Nc2ncnn21)Nc1cccc(Cl)c1Cl. The van der Waals surface area contributed by atoms with Gasteiger partial charge in [-0.15, -0.1) is 0 Å². The number of rotatable bonds is 5. The van der Waals surface area contributed by atoms with E-state index in [4.69, 9.17) is 27.9 Å². The highest BCUT2D eigenvalue weighted by Crippen LogP contribution is 2.34. The summed E-state index contributed by atoms with van der Waals surface area (Å²) in [6.45, 7) is -0.247. The van der Waals surface area contributed by atoms with Gasteiger partial charge in [0.1, 0.15) is 12.1 Å². The molecule has 10 heteroatoms. The van der Waals surface area contributed by atoms with E-state index in [1.54, 1.807) is 35.0 Å². The van der Waals surface area contributed by atoms with Gasteiger partial charge in [0.25, 0.3) is 5.91 Å². The van der Waals surface area contributed by atoms with Gasteiger partial charge in [-0.25, -0.2) is 4.68 Å². The molecule has 0 saturated heterocycles. The Morgan fingerprint density at radius 2 is 2.07 bits per heavy atom. The van der Waals surface area contributed by atoms with E-state index in [2.05, 4.69) is 20.7 Å². The highest BCUT2D eigenvalue weighted by Gasteiger charge is 2.29.